The Hall–Kier alpha value is -1.38. The molecule has 128 valence electrons. The molecule has 0 radical (unpaired) electrons. The SMILES string of the molecule is CC(=O)OC[C@@H](OC(C)=O)[C@H]1O[C@@H]2OC(C)(C)O[C@@H]2[C@@H]1N=C=S. The number of thiocarbonyl (C=S) groups is 1. The Kier molecular flexibility index (Phi) is 5.49. The molecule has 0 bridgehead atoms. The Morgan fingerprint density at radius 1 is 1.30 bits per heavy atom. The van der Waals surface area contributed by atoms with Crippen LogP contribution in [0.3, 0.4) is 0 Å². The lowest BCUT2D eigenvalue weighted by Gasteiger charge is -2.28. The van der Waals surface area contributed by atoms with Gasteiger partial charge in [0.2, 0.25) is 0 Å². The van der Waals surface area contributed by atoms with E-state index in [9.17, 15) is 9.59 Å². The van der Waals surface area contributed by atoms with Gasteiger partial charge in [-0.05, 0) is 26.1 Å². The van der Waals surface area contributed by atoms with E-state index in [-0.39, 0.29) is 6.61 Å². The Labute approximate surface area is 139 Å². The van der Waals surface area contributed by atoms with Crippen molar-refractivity contribution in [2.24, 2.45) is 4.99 Å². The van der Waals surface area contributed by atoms with Gasteiger partial charge >= 0.3 is 11.9 Å². The van der Waals surface area contributed by atoms with Crippen LogP contribution < -0.4 is 0 Å². The highest BCUT2D eigenvalue weighted by atomic mass is 32.1. The van der Waals surface area contributed by atoms with E-state index in [2.05, 4.69) is 22.4 Å². The molecule has 2 aliphatic rings. The lowest BCUT2D eigenvalue weighted by atomic mass is 10.0. The number of isothiocyanates is 1. The Balaban J connectivity index is 2.18. The van der Waals surface area contributed by atoms with Crippen molar-refractivity contribution in [3.05, 3.63) is 0 Å². The first kappa shape index (κ1) is 18.0. The van der Waals surface area contributed by atoms with Crippen LogP contribution in [0.1, 0.15) is 27.7 Å². The fourth-order valence-corrected chi connectivity index (χ4v) is 2.76. The van der Waals surface area contributed by atoms with Crippen molar-refractivity contribution in [3.63, 3.8) is 0 Å². The van der Waals surface area contributed by atoms with E-state index in [0.717, 1.165) is 0 Å². The molecule has 0 aromatic carbocycles. The molecule has 0 aliphatic carbocycles. The topological polar surface area (TPSA) is 92.7 Å². The maximum absolute atomic E-state index is 11.3. The molecule has 2 fully saturated rings. The molecule has 2 heterocycles. The van der Waals surface area contributed by atoms with Crippen molar-refractivity contribution < 1.29 is 33.3 Å². The van der Waals surface area contributed by atoms with Gasteiger partial charge in [0.05, 0.1) is 5.16 Å². The van der Waals surface area contributed by atoms with Crippen molar-refractivity contribution in [2.75, 3.05) is 6.61 Å². The van der Waals surface area contributed by atoms with E-state index in [1.54, 1.807) is 13.8 Å². The van der Waals surface area contributed by atoms with E-state index >= 15 is 0 Å². The molecule has 9 heteroatoms. The first-order valence-electron chi connectivity index (χ1n) is 7.12. The Morgan fingerprint density at radius 3 is 2.57 bits per heavy atom. The highest BCUT2D eigenvalue weighted by Crippen LogP contribution is 2.40. The van der Waals surface area contributed by atoms with Crippen LogP contribution >= 0.6 is 12.2 Å². The summed E-state index contributed by atoms with van der Waals surface area (Å²) < 4.78 is 27.4. The first-order valence-corrected chi connectivity index (χ1v) is 7.53. The number of ether oxygens (including phenoxy) is 5. The number of aliphatic imine (C=N–C) groups is 1. The molecular weight excluding hydrogens is 326 g/mol. The molecular formula is C14H19NO7S. The summed E-state index contributed by atoms with van der Waals surface area (Å²) in [6.45, 7) is 5.86. The summed E-state index contributed by atoms with van der Waals surface area (Å²) >= 11 is 4.68. The molecule has 0 aromatic heterocycles. The summed E-state index contributed by atoms with van der Waals surface area (Å²) in [7, 11) is 0. The van der Waals surface area contributed by atoms with Crippen LogP contribution in [0.2, 0.25) is 0 Å². The third kappa shape index (κ3) is 4.33. The van der Waals surface area contributed by atoms with Gasteiger partial charge in [-0.2, -0.15) is 0 Å². The number of esters is 2. The van der Waals surface area contributed by atoms with E-state index in [1.807, 2.05) is 0 Å². The van der Waals surface area contributed by atoms with Crippen LogP contribution in [0.5, 0.6) is 0 Å². The van der Waals surface area contributed by atoms with Crippen molar-refractivity contribution in [3.8, 4) is 0 Å². The first-order chi connectivity index (χ1) is 10.7. The fourth-order valence-electron chi connectivity index (χ4n) is 2.64. The zero-order chi connectivity index (χ0) is 17.2. The normalized spacial score (nSPS) is 32.5. The molecule has 23 heavy (non-hydrogen) atoms. The summed E-state index contributed by atoms with van der Waals surface area (Å²) in [5, 5.41) is 2.30. The number of nitrogens with zero attached hydrogens (tertiary/aromatic N) is 1. The summed E-state index contributed by atoms with van der Waals surface area (Å²) in [5.74, 6) is -1.85. The quantitative estimate of drug-likeness (QED) is 0.411. The number of carbonyl (C=O) groups is 2. The van der Waals surface area contributed by atoms with Gasteiger partial charge in [-0.15, -0.1) is 0 Å². The smallest absolute Gasteiger partial charge is 0.303 e. The molecule has 0 N–H and O–H groups in total. The fraction of sp³-hybridized carbons (Fsp3) is 0.786. The van der Waals surface area contributed by atoms with Crippen LogP contribution in [0.4, 0.5) is 0 Å². The number of fused-ring (bicyclic) bond motifs is 1. The molecule has 0 amide bonds. The number of rotatable bonds is 5. The second-order valence-corrected chi connectivity index (χ2v) is 5.91. The molecule has 0 unspecified atom stereocenters. The maximum atomic E-state index is 11.3. The van der Waals surface area contributed by atoms with E-state index in [1.165, 1.54) is 13.8 Å². The van der Waals surface area contributed by atoms with Crippen LogP contribution in [0.15, 0.2) is 4.99 Å². The number of carbonyl (C=O) groups excluding carboxylic acids is 2. The van der Waals surface area contributed by atoms with Crippen molar-refractivity contribution in [1.82, 2.24) is 0 Å². The Bertz CT molecular complexity index is 531. The average molecular weight is 345 g/mol. The average Bonchev–Trinajstić information content (AvgIpc) is 2.88. The second kappa shape index (κ2) is 7.02. The zero-order valence-electron chi connectivity index (χ0n) is 13.3. The predicted octanol–water partition coefficient (Wildman–Crippen LogP) is 0.829. The monoisotopic (exact) mass is 345 g/mol. The minimum atomic E-state index is -0.852. The highest BCUT2D eigenvalue weighted by molar-refractivity contribution is 7.78. The molecule has 2 saturated heterocycles. The van der Waals surface area contributed by atoms with Crippen molar-refractivity contribution in [1.29, 1.82) is 0 Å². The summed E-state index contributed by atoms with van der Waals surface area (Å²) in [4.78, 5) is 26.4. The van der Waals surface area contributed by atoms with Crippen LogP contribution in [-0.4, -0.2) is 60.1 Å². The van der Waals surface area contributed by atoms with Crippen LogP contribution in [0, 0.1) is 0 Å². The van der Waals surface area contributed by atoms with Gasteiger partial charge in [0.25, 0.3) is 0 Å². The summed E-state index contributed by atoms with van der Waals surface area (Å²) in [6, 6.07) is -0.584. The summed E-state index contributed by atoms with van der Waals surface area (Å²) in [6.07, 6.45) is -2.77. The highest BCUT2D eigenvalue weighted by Gasteiger charge is 2.57. The third-order valence-corrected chi connectivity index (χ3v) is 3.49. The van der Waals surface area contributed by atoms with Crippen LogP contribution in [0.25, 0.3) is 0 Å². The minimum Gasteiger partial charge on any atom is -0.462 e. The van der Waals surface area contributed by atoms with Gasteiger partial charge in [-0.25, -0.2) is 4.99 Å². The summed E-state index contributed by atoms with van der Waals surface area (Å²) in [5.41, 5.74) is 0. The van der Waals surface area contributed by atoms with Gasteiger partial charge in [0.1, 0.15) is 24.9 Å². The predicted molar refractivity (Wildman–Crippen MR) is 79.7 cm³/mol. The molecule has 0 spiro atoms. The molecule has 0 aromatic rings. The lowest BCUT2D eigenvalue weighted by molar-refractivity contribution is -0.221. The van der Waals surface area contributed by atoms with Gasteiger partial charge < -0.3 is 23.7 Å². The Morgan fingerprint density at radius 2 is 2.00 bits per heavy atom. The molecule has 2 aliphatic heterocycles. The van der Waals surface area contributed by atoms with Crippen molar-refractivity contribution in [2.45, 2.75) is 64.1 Å². The largest absolute Gasteiger partial charge is 0.462 e. The van der Waals surface area contributed by atoms with Gasteiger partial charge in [-0.1, -0.05) is 0 Å². The zero-order valence-corrected chi connectivity index (χ0v) is 14.1. The number of hydrogen-bond donors (Lipinski definition) is 0. The molecule has 8 nitrogen and oxygen atoms in total. The molecule has 0 saturated carbocycles. The van der Waals surface area contributed by atoms with E-state index in [0.29, 0.717) is 0 Å². The molecule has 5 atom stereocenters. The van der Waals surface area contributed by atoms with Gasteiger partial charge in [0.15, 0.2) is 18.2 Å². The van der Waals surface area contributed by atoms with E-state index < -0.39 is 48.4 Å². The second-order valence-electron chi connectivity index (χ2n) is 5.73. The maximum Gasteiger partial charge on any atom is 0.303 e. The van der Waals surface area contributed by atoms with E-state index in [4.69, 9.17) is 23.7 Å². The van der Waals surface area contributed by atoms with Crippen molar-refractivity contribution >= 4 is 29.3 Å². The minimum absolute atomic E-state index is 0.161. The van der Waals surface area contributed by atoms with Gasteiger partial charge in [-0.3, -0.25) is 9.59 Å². The third-order valence-electron chi connectivity index (χ3n) is 3.39. The molecule has 2 rings (SSSR count). The lowest BCUT2D eigenvalue weighted by Crippen LogP contribution is -2.44. The number of hydrogen-bond acceptors (Lipinski definition) is 9. The van der Waals surface area contributed by atoms with Crippen LogP contribution in [-0.2, 0) is 33.3 Å². The van der Waals surface area contributed by atoms with Gasteiger partial charge in [0, 0.05) is 13.8 Å². The standard InChI is InChI=1S/C14H19NO7S/c1-7(16)18-5-9(19-8(2)17)11-10(15-6-23)12-13(20-11)22-14(3,4)21-12/h9-13H,5H2,1-4H3/t9-,10-,11-,12-,13-/m1/s1.